The summed E-state index contributed by atoms with van der Waals surface area (Å²) in [5.74, 6) is 1.58. The van der Waals surface area contributed by atoms with Crippen LogP contribution in [0.2, 0.25) is 0 Å². The largest absolute Gasteiger partial charge is 0.395 e. The average molecular weight is 449 g/mol. The molecule has 0 radical (unpaired) electrons. The van der Waals surface area contributed by atoms with Crippen molar-refractivity contribution < 1.29 is 5.11 Å². The van der Waals surface area contributed by atoms with Crippen LogP contribution >= 0.6 is 0 Å². The van der Waals surface area contributed by atoms with Gasteiger partial charge in [0.15, 0.2) is 0 Å². The van der Waals surface area contributed by atoms with E-state index in [1.165, 1.54) is 44.4 Å². The average Bonchev–Trinajstić information content (AvgIpc) is 3.20. The van der Waals surface area contributed by atoms with Gasteiger partial charge in [-0.25, -0.2) is 0 Å². The Morgan fingerprint density at radius 3 is 2.48 bits per heavy atom. The molecule has 2 aromatic rings. The highest BCUT2D eigenvalue weighted by molar-refractivity contribution is 5.93. The van der Waals surface area contributed by atoms with Gasteiger partial charge in [-0.3, -0.25) is 0 Å². The first-order chi connectivity index (χ1) is 15.8. The van der Waals surface area contributed by atoms with E-state index in [9.17, 15) is 5.11 Å². The number of nitrogens with zero attached hydrogens (tertiary/aromatic N) is 1. The molecule has 2 N–H and O–H groups in total. The number of benzene rings is 1. The van der Waals surface area contributed by atoms with Crippen LogP contribution in [0.5, 0.6) is 0 Å². The van der Waals surface area contributed by atoms with Crippen LogP contribution in [0.25, 0.3) is 16.5 Å². The molecule has 1 aliphatic heterocycles. The van der Waals surface area contributed by atoms with Gasteiger partial charge in [-0.05, 0) is 92.8 Å². The van der Waals surface area contributed by atoms with Crippen molar-refractivity contribution in [3.63, 3.8) is 0 Å². The number of aromatic nitrogens is 1. The lowest BCUT2D eigenvalue weighted by Gasteiger charge is -2.31. The van der Waals surface area contributed by atoms with Crippen molar-refractivity contribution in [2.45, 2.75) is 72.6 Å². The molecule has 3 nitrogen and oxygen atoms in total. The molecule has 3 rings (SSSR count). The third-order valence-electron chi connectivity index (χ3n) is 7.68. The monoisotopic (exact) mass is 448 g/mol. The Hall–Kier alpha value is -2.10. The summed E-state index contributed by atoms with van der Waals surface area (Å²) in [4.78, 5) is 6.17. The summed E-state index contributed by atoms with van der Waals surface area (Å²) in [6.45, 7) is 20.9. The quantitative estimate of drug-likeness (QED) is 0.392. The molecule has 0 saturated carbocycles. The summed E-state index contributed by atoms with van der Waals surface area (Å²) < 4.78 is 0. The van der Waals surface area contributed by atoms with Crippen molar-refractivity contribution in [2.24, 2.45) is 5.92 Å². The summed E-state index contributed by atoms with van der Waals surface area (Å²) in [5, 5.41) is 10.6. The van der Waals surface area contributed by atoms with Gasteiger partial charge in [0, 0.05) is 23.0 Å². The van der Waals surface area contributed by atoms with Gasteiger partial charge in [0.05, 0.1) is 12.3 Å². The van der Waals surface area contributed by atoms with Crippen molar-refractivity contribution >= 4 is 16.5 Å². The number of piperidine rings is 1. The molecule has 1 saturated heterocycles. The number of likely N-dealkylation sites (tertiary alicyclic amines) is 1. The van der Waals surface area contributed by atoms with Gasteiger partial charge in [0.25, 0.3) is 0 Å². The van der Waals surface area contributed by atoms with Crippen LogP contribution < -0.4 is 0 Å². The molecule has 1 aromatic carbocycles. The van der Waals surface area contributed by atoms with Crippen LogP contribution in [0, 0.1) is 5.92 Å². The minimum atomic E-state index is 0.255. The highest BCUT2D eigenvalue weighted by Gasteiger charge is 2.23. The summed E-state index contributed by atoms with van der Waals surface area (Å²) in [6.07, 6.45) is 7.83. The Morgan fingerprint density at radius 1 is 1.21 bits per heavy atom. The molecule has 33 heavy (non-hydrogen) atoms. The fourth-order valence-electron chi connectivity index (χ4n) is 5.11. The highest BCUT2D eigenvalue weighted by atomic mass is 16.3. The lowest BCUT2D eigenvalue weighted by molar-refractivity contribution is 0.164. The zero-order valence-corrected chi connectivity index (χ0v) is 21.7. The minimum absolute atomic E-state index is 0.255. The van der Waals surface area contributed by atoms with E-state index in [1.54, 1.807) is 0 Å². The van der Waals surface area contributed by atoms with Gasteiger partial charge in [-0.1, -0.05) is 58.1 Å². The van der Waals surface area contributed by atoms with Crippen LogP contribution in [0.15, 0.2) is 48.1 Å². The fourth-order valence-corrected chi connectivity index (χ4v) is 5.11. The van der Waals surface area contributed by atoms with Gasteiger partial charge in [0.1, 0.15) is 0 Å². The first-order valence-electron chi connectivity index (χ1n) is 12.8. The third-order valence-corrected chi connectivity index (χ3v) is 7.68. The first kappa shape index (κ1) is 25.5. The summed E-state index contributed by atoms with van der Waals surface area (Å²) >= 11 is 0. The predicted molar refractivity (Wildman–Crippen MR) is 144 cm³/mol. The van der Waals surface area contributed by atoms with Crippen molar-refractivity contribution in [3.8, 4) is 0 Å². The smallest absolute Gasteiger partial charge is 0.0558 e. The van der Waals surface area contributed by atoms with Gasteiger partial charge in [-0.15, -0.1) is 0 Å². The second-order valence-electron chi connectivity index (χ2n) is 10.2. The SMILES string of the molecule is C=C/C(C)=C(\C=C(\C)C(C)CC)c1[nH]c2ccc(C3CCN(CCO)CC3)cc2c1C(C)C. The molecular weight excluding hydrogens is 404 g/mol. The molecule has 1 aliphatic rings. The number of β-amino-alcohol motifs (C(OH)–C–C–N with tert-alkyl or cyclic N) is 1. The van der Waals surface area contributed by atoms with Crippen LogP contribution in [-0.2, 0) is 0 Å². The van der Waals surface area contributed by atoms with Crippen LogP contribution in [0.3, 0.4) is 0 Å². The minimum Gasteiger partial charge on any atom is -0.395 e. The van der Waals surface area contributed by atoms with Crippen molar-refractivity contribution in [2.75, 3.05) is 26.2 Å². The summed E-state index contributed by atoms with van der Waals surface area (Å²) in [7, 11) is 0. The number of hydrogen-bond acceptors (Lipinski definition) is 2. The lowest BCUT2D eigenvalue weighted by Crippen LogP contribution is -2.34. The second kappa shape index (κ2) is 11.4. The molecule has 3 heteroatoms. The van der Waals surface area contributed by atoms with E-state index in [-0.39, 0.29) is 6.61 Å². The molecule has 2 heterocycles. The normalized spacial score (nSPS) is 18.1. The molecule has 1 atom stereocenters. The molecule has 1 unspecified atom stereocenters. The van der Waals surface area contributed by atoms with Crippen LogP contribution in [0.4, 0.5) is 0 Å². The maximum Gasteiger partial charge on any atom is 0.0558 e. The zero-order chi connectivity index (χ0) is 24.1. The molecule has 0 amide bonds. The van der Waals surface area contributed by atoms with Gasteiger partial charge < -0.3 is 15.0 Å². The Balaban J connectivity index is 2.06. The van der Waals surface area contributed by atoms with Crippen LogP contribution in [0.1, 0.15) is 89.5 Å². The number of nitrogens with one attached hydrogen (secondary N) is 1. The molecule has 1 aromatic heterocycles. The summed E-state index contributed by atoms with van der Waals surface area (Å²) in [5.41, 5.74) is 9.22. The van der Waals surface area contributed by atoms with Gasteiger partial charge in [-0.2, -0.15) is 0 Å². The number of aliphatic hydroxyl groups is 1. The lowest BCUT2D eigenvalue weighted by atomic mass is 9.87. The molecule has 0 bridgehead atoms. The van der Waals surface area contributed by atoms with Crippen molar-refractivity contribution in [1.29, 1.82) is 0 Å². The number of allylic oxidation sites excluding steroid dienone is 5. The zero-order valence-electron chi connectivity index (χ0n) is 21.7. The molecule has 180 valence electrons. The number of fused-ring (bicyclic) bond motifs is 1. The van der Waals surface area contributed by atoms with E-state index in [4.69, 9.17) is 0 Å². The van der Waals surface area contributed by atoms with Gasteiger partial charge >= 0.3 is 0 Å². The van der Waals surface area contributed by atoms with Gasteiger partial charge in [0.2, 0.25) is 0 Å². The Labute approximate surface area is 201 Å². The van der Waals surface area contributed by atoms with Crippen molar-refractivity contribution in [3.05, 3.63) is 64.9 Å². The van der Waals surface area contributed by atoms with Crippen LogP contribution in [-0.4, -0.2) is 41.2 Å². The van der Waals surface area contributed by atoms with E-state index in [0.717, 1.165) is 38.9 Å². The maximum atomic E-state index is 9.25. The molecule has 0 spiro atoms. The predicted octanol–water partition coefficient (Wildman–Crippen LogP) is 7.41. The topological polar surface area (TPSA) is 39.3 Å². The Morgan fingerprint density at radius 2 is 1.91 bits per heavy atom. The second-order valence-corrected chi connectivity index (χ2v) is 10.2. The number of H-pyrrole nitrogens is 1. The number of hydrogen-bond donors (Lipinski definition) is 2. The molecule has 1 fully saturated rings. The van der Waals surface area contributed by atoms with E-state index in [1.807, 2.05) is 6.08 Å². The Kier molecular flexibility index (Phi) is 8.78. The standard InChI is InChI=1S/C30H44N2O/c1-8-21(5)23(7)18-26(22(6)9-2)30-29(20(3)4)27-19-25(10-11-28(27)31-30)24-12-14-32(15-13-24)16-17-33/h9-11,18-21,24,31,33H,2,8,12-17H2,1,3-7H3/b23-18-,26-22+. The Bertz CT molecular complexity index is 1020. The highest BCUT2D eigenvalue weighted by Crippen LogP contribution is 2.38. The number of aliphatic hydroxyl groups excluding tert-OH is 1. The van der Waals surface area contributed by atoms with Crippen molar-refractivity contribution in [1.82, 2.24) is 9.88 Å². The fraction of sp³-hybridized carbons (Fsp3) is 0.533. The number of aromatic amines is 1. The first-order valence-corrected chi connectivity index (χ1v) is 12.8. The summed E-state index contributed by atoms with van der Waals surface area (Å²) in [6, 6.07) is 7.05. The van der Waals surface area contributed by atoms with E-state index in [0.29, 0.717) is 17.8 Å². The third kappa shape index (κ3) is 5.70. The molecular formula is C30H44N2O. The van der Waals surface area contributed by atoms with E-state index >= 15 is 0 Å². The maximum absolute atomic E-state index is 9.25. The molecule has 0 aliphatic carbocycles. The number of rotatable bonds is 9. The van der Waals surface area contributed by atoms with E-state index in [2.05, 4.69) is 82.3 Å². The van der Waals surface area contributed by atoms with E-state index < -0.39 is 0 Å².